The highest BCUT2D eigenvalue weighted by Gasteiger charge is 2.23. The molecule has 0 spiro atoms. The van der Waals surface area contributed by atoms with Gasteiger partial charge in [-0.1, -0.05) is 0 Å². The number of nitrogens with one attached hydrogen (secondary N) is 2. The predicted octanol–water partition coefficient (Wildman–Crippen LogP) is 0.0705. The molecule has 0 saturated heterocycles. The Kier molecular flexibility index (Phi) is 4.63. The molecule has 18 heavy (non-hydrogen) atoms. The van der Waals surface area contributed by atoms with Crippen LogP contribution in [0.4, 0.5) is 5.69 Å². The molecule has 0 amide bonds. The molecule has 7 nitrogen and oxygen atoms in total. The molecule has 102 valence electrons. The van der Waals surface area contributed by atoms with Crippen molar-refractivity contribution in [2.45, 2.75) is 24.3 Å². The van der Waals surface area contributed by atoms with Crippen molar-refractivity contribution in [1.82, 2.24) is 9.71 Å². The van der Waals surface area contributed by atoms with Crippen LogP contribution in [0.3, 0.4) is 0 Å². The van der Waals surface area contributed by atoms with E-state index < -0.39 is 15.6 Å². The third kappa shape index (κ3) is 3.64. The number of aromatic nitrogens is 1. The highest BCUT2D eigenvalue weighted by Crippen LogP contribution is 2.18. The van der Waals surface area contributed by atoms with E-state index in [-0.39, 0.29) is 17.1 Å². The molecular formula is C10H18N4O3S. The molecule has 0 aliphatic carbocycles. The van der Waals surface area contributed by atoms with Crippen molar-refractivity contribution in [3.05, 3.63) is 18.5 Å². The Bertz CT molecular complexity index is 502. The number of nitrogens with zero attached hydrogens (tertiary/aromatic N) is 1. The SMILES string of the molecule is COC(C)(C)CNS(=O)(=O)c1cnccc1NN. The highest BCUT2D eigenvalue weighted by atomic mass is 32.2. The van der Waals surface area contributed by atoms with Gasteiger partial charge >= 0.3 is 0 Å². The zero-order chi connectivity index (χ0) is 13.8. The van der Waals surface area contributed by atoms with Crippen LogP contribution in [-0.2, 0) is 14.8 Å². The molecule has 0 atom stereocenters. The topological polar surface area (TPSA) is 106 Å². The number of rotatable bonds is 6. The summed E-state index contributed by atoms with van der Waals surface area (Å²) in [6.45, 7) is 3.70. The summed E-state index contributed by atoms with van der Waals surface area (Å²) >= 11 is 0. The first kappa shape index (κ1) is 14.8. The summed E-state index contributed by atoms with van der Waals surface area (Å²) in [5, 5.41) is 0. The number of nitrogens with two attached hydrogens (primary N) is 1. The lowest BCUT2D eigenvalue weighted by molar-refractivity contribution is 0.0276. The van der Waals surface area contributed by atoms with Gasteiger partial charge in [0.1, 0.15) is 4.90 Å². The average molecular weight is 274 g/mol. The molecule has 4 N–H and O–H groups in total. The van der Waals surface area contributed by atoms with Crippen molar-refractivity contribution >= 4 is 15.7 Å². The molecule has 0 aromatic carbocycles. The molecule has 1 rings (SSSR count). The Hall–Kier alpha value is -1.22. The number of pyridine rings is 1. The molecule has 0 bridgehead atoms. The minimum Gasteiger partial charge on any atom is -0.377 e. The number of ether oxygens (including phenoxy) is 1. The molecule has 0 radical (unpaired) electrons. The Morgan fingerprint density at radius 2 is 2.17 bits per heavy atom. The van der Waals surface area contributed by atoms with Gasteiger partial charge < -0.3 is 10.2 Å². The highest BCUT2D eigenvalue weighted by molar-refractivity contribution is 7.89. The molecule has 1 heterocycles. The predicted molar refractivity (Wildman–Crippen MR) is 68.3 cm³/mol. The maximum atomic E-state index is 12.1. The summed E-state index contributed by atoms with van der Waals surface area (Å²) in [5.74, 6) is 5.26. The van der Waals surface area contributed by atoms with Gasteiger partial charge in [-0.2, -0.15) is 0 Å². The van der Waals surface area contributed by atoms with E-state index in [9.17, 15) is 8.42 Å². The second kappa shape index (κ2) is 5.61. The van der Waals surface area contributed by atoms with E-state index in [2.05, 4.69) is 15.1 Å². The van der Waals surface area contributed by atoms with E-state index in [1.165, 1.54) is 25.6 Å². The van der Waals surface area contributed by atoms with E-state index in [4.69, 9.17) is 10.6 Å². The van der Waals surface area contributed by atoms with Gasteiger partial charge in [0.05, 0.1) is 11.3 Å². The quantitative estimate of drug-likeness (QED) is 0.500. The van der Waals surface area contributed by atoms with Gasteiger partial charge in [0.25, 0.3) is 0 Å². The Labute approximate surface area is 107 Å². The molecule has 1 aromatic rings. The first-order valence-corrected chi connectivity index (χ1v) is 6.76. The zero-order valence-corrected chi connectivity index (χ0v) is 11.4. The molecule has 8 heteroatoms. The molecule has 0 aliphatic heterocycles. The molecule has 0 aliphatic rings. The van der Waals surface area contributed by atoms with Crippen LogP contribution >= 0.6 is 0 Å². The lowest BCUT2D eigenvalue weighted by Gasteiger charge is -2.23. The fraction of sp³-hybridized carbons (Fsp3) is 0.500. The minimum atomic E-state index is -3.68. The standard InChI is InChI=1S/C10H18N4O3S/c1-10(2,17-3)7-13-18(15,16)9-6-12-5-4-8(9)14-11/h4-6,13H,7,11H2,1-3H3,(H,12,14). The first-order valence-electron chi connectivity index (χ1n) is 5.28. The lowest BCUT2D eigenvalue weighted by Crippen LogP contribution is -2.40. The van der Waals surface area contributed by atoms with Gasteiger partial charge in [-0.25, -0.2) is 13.1 Å². The van der Waals surface area contributed by atoms with Crippen molar-refractivity contribution in [2.75, 3.05) is 19.1 Å². The van der Waals surface area contributed by atoms with Gasteiger partial charge in [0, 0.05) is 26.0 Å². The van der Waals surface area contributed by atoms with Crippen molar-refractivity contribution in [1.29, 1.82) is 0 Å². The van der Waals surface area contributed by atoms with Crippen molar-refractivity contribution in [3.8, 4) is 0 Å². The summed E-state index contributed by atoms with van der Waals surface area (Å²) in [7, 11) is -2.16. The summed E-state index contributed by atoms with van der Waals surface area (Å²) in [6.07, 6.45) is 2.69. The van der Waals surface area contributed by atoms with Gasteiger partial charge in [0.2, 0.25) is 10.0 Å². The van der Waals surface area contributed by atoms with Crippen LogP contribution < -0.4 is 16.0 Å². The normalized spacial score (nSPS) is 12.4. The summed E-state index contributed by atoms with van der Waals surface area (Å²) in [5.41, 5.74) is 2.02. The van der Waals surface area contributed by atoms with E-state index in [1.807, 2.05) is 0 Å². The lowest BCUT2D eigenvalue weighted by atomic mass is 10.1. The fourth-order valence-corrected chi connectivity index (χ4v) is 2.44. The smallest absolute Gasteiger partial charge is 0.244 e. The van der Waals surface area contributed by atoms with Crippen LogP contribution in [-0.4, -0.2) is 32.7 Å². The van der Waals surface area contributed by atoms with E-state index in [0.29, 0.717) is 0 Å². The first-order chi connectivity index (χ1) is 8.32. The van der Waals surface area contributed by atoms with Crippen LogP contribution in [0, 0.1) is 0 Å². The van der Waals surface area contributed by atoms with Crippen molar-refractivity contribution < 1.29 is 13.2 Å². The van der Waals surface area contributed by atoms with Crippen LogP contribution in [0.15, 0.2) is 23.4 Å². The Morgan fingerprint density at radius 1 is 1.50 bits per heavy atom. The monoisotopic (exact) mass is 274 g/mol. The van der Waals surface area contributed by atoms with Crippen molar-refractivity contribution in [3.63, 3.8) is 0 Å². The number of methoxy groups -OCH3 is 1. The second-order valence-corrected chi connectivity index (χ2v) is 6.04. The zero-order valence-electron chi connectivity index (χ0n) is 10.6. The van der Waals surface area contributed by atoms with Gasteiger partial charge in [-0.3, -0.25) is 10.8 Å². The van der Waals surface area contributed by atoms with Crippen LogP contribution in [0.25, 0.3) is 0 Å². The molecular weight excluding hydrogens is 256 g/mol. The molecule has 0 unspecified atom stereocenters. The van der Waals surface area contributed by atoms with Crippen LogP contribution in [0.1, 0.15) is 13.8 Å². The van der Waals surface area contributed by atoms with Crippen LogP contribution in [0.5, 0.6) is 0 Å². The van der Waals surface area contributed by atoms with Gasteiger partial charge in [-0.05, 0) is 19.9 Å². The molecule has 1 aromatic heterocycles. The number of hydrogen-bond donors (Lipinski definition) is 3. The molecule has 0 saturated carbocycles. The minimum absolute atomic E-state index is 0.000553. The summed E-state index contributed by atoms with van der Waals surface area (Å²) in [6, 6.07) is 1.48. The second-order valence-electron chi connectivity index (χ2n) is 4.30. The maximum absolute atomic E-state index is 12.1. The van der Waals surface area contributed by atoms with Gasteiger partial charge in [0.15, 0.2) is 0 Å². The number of hydrogen-bond acceptors (Lipinski definition) is 6. The van der Waals surface area contributed by atoms with E-state index in [0.717, 1.165) is 0 Å². The third-order valence-corrected chi connectivity index (χ3v) is 3.90. The average Bonchev–Trinajstić information content (AvgIpc) is 2.37. The molecule has 0 fully saturated rings. The summed E-state index contributed by atoms with van der Waals surface area (Å²) < 4.78 is 31.7. The summed E-state index contributed by atoms with van der Waals surface area (Å²) in [4.78, 5) is 3.78. The number of hydrazine groups is 1. The Balaban J connectivity index is 2.94. The van der Waals surface area contributed by atoms with Gasteiger partial charge in [-0.15, -0.1) is 0 Å². The largest absolute Gasteiger partial charge is 0.377 e. The maximum Gasteiger partial charge on any atom is 0.244 e. The van der Waals surface area contributed by atoms with Crippen LogP contribution in [0.2, 0.25) is 0 Å². The van der Waals surface area contributed by atoms with Crippen molar-refractivity contribution in [2.24, 2.45) is 5.84 Å². The van der Waals surface area contributed by atoms with E-state index in [1.54, 1.807) is 13.8 Å². The number of sulfonamides is 1. The fourth-order valence-electron chi connectivity index (χ4n) is 1.13. The third-order valence-electron chi connectivity index (χ3n) is 2.47. The van der Waals surface area contributed by atoms with E-state index >= 15 is 0 Å². The Morgan fingerprint density at radius 3 is 2.72 bits per heavy atom. The number of anilines is 1. The number of nitrogen functional groups attached to an aromatic ring is 1.